The molecule has 2 unspecified atom stereocenters. The van der Waals surface area contributed by atoms with Crippen molar-refractivity contribution in [3.8, 4) is 22.4 Å². The Kier molecular flexibility index (Phi) is 9.07. The first-order chi connectivity index (χ1) is 20.0. The number of aldehydes is 1. The highest BCUT2D eigenvalue weighted by molar-refractivity contribution is 6.12. The molecule has 0 saturated carbocycles. The van der Waals surface area contributed by atoms with Crippen molar-refractivity contribution in [3.63, 3.8) is 0 Å². The number of ether oxygens (including phenoxy) is 2. The second kappa shape index (κ2) is 13.1. The number of aromatic nitrogens is 1. The molecule has 1 amide bonds. The van der Waals surface area contributed by atoms with Crippen molar-refractivity contribution in [1.29, 1.82) is 0 Å². The smallest absolute Gasteiger partial charge is 0.258 e. The molecule has 2 atom stereocenters. The first-order valence-electron chi connectivity index (χ1n) is 14.1. The van der Waals surface area contributed by atoms with Crippen molar-refractivity contribution in [3.05, 3.63) is 102 Å². The van der Waals surface area contributed by atoms with Crippen LogP contribution in [0, 0.1) is 5.82 Å². The lowest BCUT2D eigenvalue weighted by molar-refractivity contribution is -0.178. The van der Waals surface area contributed by atoms with Gasteiger partial charge in [0.15, 0.2) is 0 Å². The summed E-state index contributed by atoms with van der Waals surface area (Å²) in [5.41, 5.74) is 5.58. The molecule has 1 aliphatic heterocycles. The molecule has 0 spiro atoms. The van der Waals surface area contributed by atoms with E-state index < -0.39 is 0 Å². The zero-order valence-electron chi connectivity index (χ0n) is 23.4. The number of nitrogens with one attached hydrogen (secondary N) is 1. The van der Waals surface area contributed by atoms with Crippen molar-refractivity contribution < 1.29 is 23.5 Å². The fourth-order valence-corrected chi connectivity index (χ4v) is 5.62. The Bertz CT molecular complexity index is 1470. The van der Waals surface area contributed by atoms with Gasteiger partial charge in [0.05, 0.1) is 23.5 Å². The minimum absolute atomic E-state index is 0.00148. The number of anilines is 1. The Balaban J connectivity index is 1.67. The maximum atomic E-state index is 14.1. The second-order valence-corrected chi connectivity index (χ2v) is 10.6. The summed E-state index contributed by atoms with van der Waals surface area (Å²) < 4.78 is 27.8. The summed E-state index contributed by atoms with van der Waals surface area (Å²) in [6.07, 6.45) is 2.24. The highest BCUT2D eigenvalue weighted by Crippen LogP contribution is 2.42. The number of nitrogens with zero attached hydrogens (tertiary/aromatic N) is 1. The Morgan fingerprint density at radius 2 is 1.61 bits per heavy atom. The van der Waals surface area contributed by atoms with Crippen LogP contribution in [0.5, 0.6) is 0 Å². The molecule has 1 fully saturated rings. The lowest BCUT2D eigenvalue weighted by Gasteiger charge is -2.29. The van der Waals surface area contributed by atoms with Gasteiger partial charge in [0.2, 0.25) is 0 Å². The predicted molar refractivity (Wildman–Crippen MR) is 158 cm³/mol. The Morgan fingerprint density at radius 3 is 2.27 bits per heavy atom. The molecule has 5 rings (SSSR count). The number of para-hydroxylation sites is 1. The van der Waals surface area contributed by atoms with Crippen LogP contribution in [0.2, 0.25) is 0 Å². The molecule has 0 radical (unpaired) electrons. The lowest BCUT2D eigenvalue weighted by atomic mass is 9.94. The number of benzene rings is 3. The van der Waals surface area contributed by atoms with E-state index in [0.717, 1.165) is 34.4 Å². The standard InChI is InChI=1S/C34H35FN2O4/c1-23(2)32-31(34(39)36-27-11-7-4-8-12-27)30(24-9-5-3-6-10-24)33(25-13-15-26(35)16-14-25)37(32)19-17-28-21-29(18-20-38)41-22-40-28/h3-16,20,23,28-29H,17-19,21-22H2,1-2H3,(H,36,39). The zero-order chi connectivity index (χ0) is 28.8. The largest absolute Gasteiger partial charge is 0.352 e. The average Bonchev–Trinajstić information content (AvgIpc) is 3.33. The van der Waals surface area contributed by atoms with Crippen molar-refractivity contribution in [2.75, 3.05) is 12.1 Å². The fourth-order valence-electron chi connectivity index (χ4n) is 5.62. The SMILES string of the molecule is CC(C)c1c(C(=O)Nc2ccccc2)c(-c2ccccc2)c(-c2ccc(F)cc2)n1CCC1CC(CC=O)OCO1. The van der Waals surface area contributed by atoms with Crippen molar-refractivity contribution in [2.45, 2.75) is 57.8 Å². The monoisotopic (exact) mass is 554 g/mol. The predicted octanol–water partition coefficient (Wildman–Crippen LogP) is 7.45. The van der Waals surface area contributed by atoms with Crippen LogP contribution >= 0.6 is 0 Å². The number of carbonyl (C=O) groups is 2. The molecule has 212 valence electrons. The van der Waals surface area contributed by atoms with Crippen LogP contribution in [0.25, 0.3) is 22.4 Å². The molecule has 1 aromatic heterocycles. The van der Waals surface area contributed by atoms with E-state index in [2.05, 4.69) is 23.7 Å². The van der Waals surface area contributed by atoms with Gasteiger partial charge in [0.1, 0.15) is 18.9 Å². The van der Waals surface area contributed by atoms with E-state index in [4.69, 9.17) is 9.47 Å². The number of hydrogen-bond acceptors (Lipinski definition) is 4. The Morgan fingerprint density at radius 1 is 0.951 bits per heavy atom. The van der Waals surface area contributed by atoms with Crippen LogP contribution in [0.3, 0.4) is 0 Å². The average molecular weight is 555 g/mol. The van der Waals surface area contributed by atoms with E-state index in [1.165, 1.54) is 12.1 Å². The molecule has 0 bridgehead atoms. The molecule has 7 heteroatoms. The van der Waals surface area contributed by atoms with E-state index in [1.54, 1.807) is 12.1 Å². The summed E-state index contributed by atoms with van der Waals surface area (Å²) in [7, 11) is 0. The first kappa shape index (κ1) is 28.5. The van der Waals surface area contributed by atoms with Gasteiger partial charge in [0, 0.05) is 36.3 Å². The molecule has 6 nitrogen and oxygen atoms in total. The molecule has 0 aliphatic carbocycles. The van der Waals surface area contributed by atoms with Crippen molar-refractivity contribution >= 4 is 17.9 Å². The third kappa shape index (κ3) is 6.47. The molecular weight excluding hydrogens is 519 g/mol. The second-order valence-electron chi connectivity index (χ2n) is 10.6. The van der Waals surface area contributed by atoms with E-state index in [0.29, 0.717) is 37.1 Å². The van der Waals surface area contributed by atoms with Gasteiger partial charge in [-0.05, 0) is 59.9 Å². The lowest BCUT2D eigenvalue weighted by Crippen LogP contribution is -2.32. The van der Waals surface area contributed by atoms with Gasteiger partial charge < -0.3 is 24.2 Å². The summed E-state index contributed by atoms with van der Waals surface area (Å²) in [5.74, 6) is -0.521. The van der Waals surface area contributed by atoms with Crippen molar-refractivity contribution in [2.24, 2.45) is 0 Å². The number of hydrogen-bond donors (Lipinski definition) is 1. The van der Waals surface area contributed by atoms with Gasteiger partial charge >= 0.3 is 0 Å². The van der Waals surface area contributed by atoms with E-state index >= 15 is 0 Å². The van der Waals surface area contributed by atoms with E-state index in [9.17, 15) is 14.0 Å². The summed E-state index contributed by atoms with van der Waals surface area (Å²) in [4.78, 5) is 25.2. The fraction of sp³-hybridized carbons (Fsp3) is 0.294. The highest BCUT2D eigenvalue weighted by atomic mass is 19.1. The zero-order valence-corrected chi connectivity index (χ0v) is 23.4. The maximum Gasteiger partial charge on any atom is 0.258 e. The van der Waals surface area contributed by atoms with E-state index in [-0.39, 0.29) is 36.6 Å². The number of carbonyl (C=O) groups excluding carboxylic acids is 2. The molecule has 1 aliphatic rings. The summed E-state index contributed by atoms with van der Waals surface area (Å²) >= 11 is 0. The molecular formula is C34H35FN2O4. The van der Waals surface area contributed by atoms with Crippen LogP contribution in [-0.2, 0) is 20.8 Å². The summed E-state index contributed by atoms with van der Waals surface area (Å²) in [6.45, 7) is 4.88. The van der Waals surface area contributed by atoms with E-state index in [1.807, 2.05) is 60.7 Å². The minimum Gasteiger partial charge on any atom is -0.352 e. The van der Waals surface area contributed by atoms with Crippen LogP contribution in [0.1, 0.15) is 55.1 Å². The third-order valence-electron chi connectivity index (χ3n) is 7.46. The number of rotatable bonds is 10. The van der Waals surface area contributed by atoms with Crippen LogP contribution in [-0.4, -0.2) is 35.8 Å². The summed E-state index contributed by atoms with van der Waals surface area (Å²) in [6, 6.07) is 25.7. The van der Waals surface area contributed by atoms with Crippen LogP contribution < -0.4 is 5.32 Å². The molecule has 1 N–H and O–H groups in total. The Labute approximate surface area is 240 Å². The Hall–Kier alpha value is -4.07. The van der Waals surface area contributed by atoms with Gasteiger partial charge in [-0.3, -0.25) is 4.79 Å². The van der Waals surface area contributed by atoms with Crippen LogP contribution in [0.15, 0.2) is 84.9 Å². The molecule has 4 aromatic rings. The molecule has 3 aromatic carbocycles. The first-order valence-corrected chi connectivity index (χ1v) is 14.1. The highest BCUT2D eigenvalue weighted by Gasteiger charge is 2.31. The number of halogens is 1. The minimum atomic E-state index is -0.323. The van der Waals surface area contributed by atoms with Gasteiger partial charge in [-0.1, -0.05) is 62.4 Å². The topological polar surface area (TPSA) is 69.6 Å². The maximum absolute atomic E-state index is 14.1. The quantitative estimate of drug-likeness (QED) is 0.207. The summed E-state index contributed by atoms with van der Waals surface area (Å²) in [5, 5.41) is 3.10. The third-order valence-corrected chi connectivity index (χ3v) is 7.46. The van der Waals surface area contributed by atoms with Crippen LogP contribution in [0.4, 0.5) is 10.1 Å². The van der Waals surface area contributed by atoms with Gasteiger partial charge in [0.25, 0.3) is 5.91 Å². The van der Waals surface area contributed by atoms with Gasteiger partial charge in [-0.15, -0.1) is 0 Å². The molecule has 41 heavy (non-hydrogen) atoms. The molecule has 2 heterocycles. The number of amides is 1. The normalized spacial score (nSPS) is 17.0. The van der Waals surface area contributed by atoms with Gasteiger partial charge in [-0.2, -0.15) is 0 Å². The van der Waals surface area contributed by atoms with Gasteiger partial charge in [-0.25, -0.2) is 4.39 Å². The van der Waals surface area contributed by atoms with Crippen molar-refractivity contribution in [1.82, 2.24) is 4.57 Å². The molecule has 1 saturated heterocycles.